The summed E-state index contributed by atoms with van der Waals surface area (Å²) in [5.41, 5.74) is 3.60. The molecule has 0 radical (unpaired) electrons. The van der Waals surface area contributed by atoms with E-state index in [0.29, 0.717) is 23.6 Å². The molecular weight excluding hydrogens is 312 g/mol. The first-order valence-corrected chi connectivity index (χ1v) is 8.15. The quantitative estimate of drug-likeness (QED) is 0.756. The number of fused-ring (bicyclic) bond motifs is 1. The zero-order chi connectivity index (χ0) is 16.2. The second kappa shape index (κ2) is 7.05. The lowest BCUT2D eigenvalue weighted by molar-refractivity contribution is -0.140. The first-order valence-electron chi connectivity index (χ1n) is 7.77. The standard InChI is InChI=1S/C19H19ClO3/c1-22-19(21)11-7-13-6-9-18(16(20)12-13)23-17-10-8-14-4-2-3-5-15(14)17/h2-6,9,12,17H,7-8,10-11H2,1H3. The van der Waals surface area contributed by atoms with Crippen molar-refractivity contribution < 1.29 is 14.3 Å². The van der Waals surface area contributed by atoms with E-state index >= 15 is 0 Å². The fraction of sp³-hybridized carbons (Fsp3) is 0.316. The minimum absolute atomic E-state index is 0.0598. The summed E-state index contributed by atoms with van der Waals surface area (Å²) in [6.45, 7) is 0. The molecule has 0 heterocycles. The van der Waals surface area contributed by atoms with E-state index in [4.69, 9.17) is 16.3 Å². The Bertz CT molecular complexity index is 712. The molecule has 0 aliphatic heterocycles. The number of benzene rings is 2. The van der Waals surface area contributed by atoms with E-state index in [1.54, 1.807) is 0 Å². The van der Waals surface area contributed by atoms with E-state index in [0.717, 1.165) is 18.4 Å². The van der Waals surface area contributed by atoms with Crippen molar-refractivity contribution in [3.05, 3.63) is 64.2 Å². The molecule has 0 saturated carbocycles. The molecule has 0 bridgehead atoms. The molecule has 0 spiro atoms. The number of hydrogen-bond acceptors (Lipinski definition) is 3. The molecule has 3 nitrogen and oxygen atoms in total. The molecule has 1 unspecified atom stereocenters. The van der Waals surface area contributed by atoms with E-state index in [2.05, 4.69) is 22.9 Å². The number of ether oxygens (including phenoxy) is 2. The predicted octanol–water partition coefficient (Wildman–Crippen LogP) is 4.51. The molecule has 1 atom stereocenters. The van der Waals surface area contributed by atoms with Crippen molar-refractivity contribution in [3.63, 3.8) is 0 Å². The second-order valence-corrected chi connectivity index (χ2v) is 6.09. The fourth-order valence-corrected chi connectivity index (χ4v) is 3.19. The highest BCUT2D eigenvalue weighted by molar-refractivity contribution is 6.32. The lowest BCUT2D eigenvalue weighted by Gasteiger charge is -2.16. The Balaban J connectivity index is 1.69. The molecule has 23 heavy (non-hydrogen) atoms. The average Bonchev–Trinajstić information content (AvgIpc) is 2.98. The molecule has 3 rings (SSSR count). The molecule has 4 heteroatoms. The van der Waals surface area contributed by atoms with Crippen LogP contribution in [0, 0.1) is 0 Å². The maximum atomic E-state index is 11.2. The fourth-order valence-electron chi connectivity index (χ4n) is 2.94. The van der Waals surface area contributed by atoms with Gasteiger partial charge in [0.05, 0.1) is 12.1 Å². The van der Waals surface area contributed by atoms with Gasteiger partial charge in [-0.3, -0.25) is 4.79 Å². The maximum absolute atomic E-state index is 11.2. The number of carbonyl (C=O) groups is 1. The lowest BCUT2D eigenvalue weighted by atomic mass is 10.1. The number of esters is 1. The number of aryl methyl sites for hydroxylation is 2. The van der Waals surface area contributed by atoms with Crippen LogP contribution in [-0.4, -0.2) is 13.1 Å². The van der Waals surface area contributed by atoms with E-state index in [-0.39, 0.29) is 12.1 Å². The van der Waals surface area contributed by atoms with Gasteiger partial charge in [0.25, 0.3) is 0 Å². The highest BCUT2D eigenvalue weighted by Crippen LogP contribution is 2.37. The van der Waals surface area contributed by atoms with E-state index in [1.807, 2.05) is 24.3 Å². The summed E-state index contributed by atoms with van der Waals surface area (Å²) in [7, 11) is 1.39. The minimum atomic E-state index is -0.219. The van der Waals surface area contributed by atoms with Gasteiger partial charge in [-0.15, -0.1) is 0 Å². The van der Waals surface area contributed by atoms with E-state index in [1.165, 1.54) is 18.2 Å². The van der Waals surface area contributed by atoms with E-state index < -0.39 is 0 Å². The van der Waals surface area contributed by atoms with Crippen molar-refractivity contribution in [3.8, 4) is 5.75 Å². The zero-order valence-corrected chi connectivity index (χ0v) is 13.8. The Labute approximate surface area is 141 Å². The zero-order valence-electron chi connectivity index (χ0n) is 13.0. The number of halogens is 1. The molecule has 0 saturated heterocycles. The summed E-state index contributed by atoms with van der Waals surface area (Å²) in [6, 6.07) is 14.1. The minimum Gasteiger partial charge on any atom is -0.484 e. The molecule has 0 amide bonds. The van der Waals surface area contributed by atoms with Crippen LogP contribution >= 0.6 is 11.6 Å². The third-order valence-corrected chi connectivity index (χ3v) is 4.48. The molecule has 0 N–H and O–H groups in total. The Morgan fingerprint density at radius 2 is 2.09 bits per heavy atom. The molecule has 2 aromatic carbocycles. The first kappa shape index (κ1) is 15.9. The topological polar surface area (TPSA) is 35.5 Å². The van der Waals surface area contributed by atoms with Crippen LogP contribution in [0.3, 0.4) is 0 Å². The van der Waals surface area contributed by atoms with Gasteiger partial charge in [-0.1, -0.05) is 41.9 Å². The second-order valence-electron chi connectivity index (χ2n) is 5.68. The SMILES string of the molecule is COC(=O)CCc1ccc(OC2CCc3ccccc32)c(Cl)c1. The van der Waals surface area contributed by atoms with Gasteiger partial charge < -0.3 is 9.47 Å². The first-order chi connectivity index (χ1) is 11.2. The van der Waals surface area contributed by atoms with Crippen LogP contribution in [-0.2, 0) is 22.4 Å². The van der Waals surface area contributed by atoms with Gasteiger partial charge in [0.2, 0.25) is 0 Å². The highest BCUT2D eigenvalue weighted by Gasteiger charge is 2.24. The van der Waals surface area contributed by atoms with Gasteiger partial charge in [-0.05, 0) is 48.1 Å². The van der Waals surface area contributed by atoms with Crippen LogP contribution in [0.4, 0.5) is 0 Å². The summed E-state index contributed by atoms with van der Waals surface area (Å²) >= 11 is 6.34. The van der Waals surface area contributed by atoms with Crippen molar-refractivity contribution in [1.29, 1.82) is 0 Å². The monoisotopic (exact) mass is 330 g/mol. The third-order valence-electron chi connectivity index (χ3n) is 4.19. The molecule has 0 aromatic heterocycles. The van der Waals surface area contributed by atoms with Crippen molar-refractivity contribution in [2.24, 2.45) is 0 Å². The molecule has 1 aliphatic carbocycles. The number of carbonyl (C=O) groups excluding carboxylic acids is 1. The molecule has 2 aromatic rings. The van der Waals surface area contributed by atoms with Crippen LogP contribution in [0.2, 0.25) is 5.02 Å². The summed E-state index contributed by atoms with van der Waals surface area (Å²) in [4.78, 5) is 11.2. The van der Waals surface area contributed by atoms with Gasteiger partial charge in [0.15, 0.2) is 0 Å². The summed E-state index contributed by atoms with van der Waals surface area (Å²) in [5.74, 6) is 0.471. The van der Waals surface area contributed by atoms with Gasteiger partial charge >= 0.3 is 5.97 Å². The Hall–Kier alpha value is -2.00. The molecule has 120 valence electrons. The summed E-state index contributed by atoms with van der Waals surface area (Å²) < 4.78 is 10.8. The van der Waals surface area contributed by atoms with Crippen LogP contribution in [0.15, 0.2) is 42.5 Å². The van der Waals surface area contributed by atoms with Crippen LogP contribution < -0.4 is 4.74 Å². The molecular formula is C19H19ClO3. The summed E-state index contributed by atoms with van der Waals surface area (Å²) in [5, 5.41) is 0.580. The highest BCUT2D eigenvalue weighted by atomic mass is 35.5. The van der Waals surface area contributed by atoms with Crippen LogP contribution in [0.5, 0.6) is 5.75 Å². The number of hydrogen-bond donors (Lipinski definition) is 0. The summed E-state index contributed by atoms with van der Waals surface area (Å²) in [6.07, 6.45) is 3.03. The van der Waals surface area contributed by atoms with Gasteiger partial charge in [-0.2, -0.15) is 0 Å². The largest absolute Gasteiger partial charge is 0.484 e. The lowest BCUT2D eigenvalue weighted by Crippen LogP contribution is -2.04. The number of rotatable bonds is 5. The van der Waals surface area contributed by atoms with Crippen molar-refractivity contribution in [2.45, 2.75) is 31.8 Å². The average molecular weight is 331 g/mol. The van der Waals surface area contributed by atoms with Crippen molar-refractivity contribution in [2.75, 3.05) is 7.11 Å². The smallest absolute Gasteiger partial charge is 0.305 e. The van der Waals surface area contributed by atoms with E-state index in [9.17, 15) is 4.79 Å². The number of methoxy groups -OCH3 is 1. The third kappa shape index (κ3) is 3.67. The molecule has 0 fully saturated rings. The van der Waals surface area contributed by atoms with Gasteiger partial charge in [0, 0.05) is 6.42 Å². The molecule has 1 aliphatic rings. The Kier molecular flexibility index (Phi) is 4.87. The predicted molar refractivity (Wildman–Crippen MR) is 89.9 cm³/mol. The maximum Gasteiger partial charge on any atom is 0.305 e. The Morgan fingerprint density at radius 3 is 2.87 bits per heavy atom. The van der Waals surface area contributed by atoms with Crippen molar-refractivity contribution >= 4 is 17.6 Å². The normalized spacial score (nSPS) is 16.0. The van der Waals surface area contributed by atoms with Gasteiger partial charge in [-0.25, -0.2) is 0 Å². The van der Waals surface area contributed by atoms with Crippen molar-refractivity contribution in [1.82, 2.24) is 0 Å². The Morgan fingerprint density at radius 1 is 1.26 bits per heavy atom. The van der Waals surface area contributed by atoms with Gasteiger partial charge in [0.1, 0.15) is 11.9 Å². The van der Waals surface area contributed by atoms with Crippen LogP contribution in [0.25, 0.3) is 0 Å². The van der Waals surface area contributed by atoms with Crippen LogP contribution in [0.1, 0.15) is 35.6 Å².